The van der Waals surface area contributed by atoms with E-state index in [1.165, 1.54) is 0 Å². The summed E-state index contributed by atoms with van der Waals surface area (Å²) in [5.41, 5.74) is 1.59. The molecule has 0 bridgehead atoms. The van der Waals surface area contributed by atoms with Crippen molar-refractivity contribution in [1.29, 1.82) is 0 Å². The van der Waals surface area contributed by atoms with E-state index in [2.05, 4.69) is 9.80 Å². The van der Waals surface area contributed by atoms with Crippen LogP contribution in [0, 0.1) is 0 Å². The van der Waals surface area contributed by atoms with Crippen molar-refractivity contribution in [3.05, 3.63) is 94.7 Å². The van der Waals surface area contributed by atoms with Crippen LogP contribution in [-0.4, -0.2) is 64.9 Å². The first-order valence-electron chi connectivity index (χ1n) is 13.0. The van der Waals surface area contributed by atoms with Gasteiger partial charge in [-0.1, -0.05) is 18.2 Å². The normalized spacial score (nSPS) is 14.3. The highest BCUT2D eigenvalue weighted by atomic mass is 16.5. The molecule has 8 heteroatoms. The molecule has 8 nitrogen and oxygen atoms in total. The van der Waals surface area contributed by atoms with Gasteiger partial charge in [-0.3, -0.25) is 19.4 Å². The molecule has 38 heavy (non-hydrogen) atoms. The lowest BCUT2D eigenvalue weighted by molar-refractivity contribution is -0.130. The SMILES string of the molecule is CC(=O)N1CCN(CCn2c(=O)c(CN(C)Cc3ccco3)cc3ccc(Oc4ccccc4)cc32)CC1. The minimum absolute atomic E-state index is 0.00280. The van der Waals surface area contributed by atoms with Crippen LogP contribution in [0.5, 0.6) is 11.5 Å². The number of ether oxygens (including phenoxy) is 1. The van der Waals surface area contributed by atoms with Gasteiger partial charge in [-0.2, -0.15) is 0 Å². The first kappa shape index (κ1) is 25.8. The molecule has 1 saturated heterocycles. The number of furan rings is 1. The van der Waals surface area contributed by atoms with Crippen molar-refractivity contribution in [2.75, 3.05) is 39.8 Å². The highest BCUT2D eigenvalue weighted by molar-refractivity contribution is 5.81. The standard InChI is InChI=1S/C30H34N4O4/c1-23(35)33-15-12-32(13-16-33)14-17-34-29-20-27(38-26-7-4-3-5-8-26)11-10-24(29)19-25(30(34)36)21-31(2)22-28-9-6-18-37-28/h3-11,18-20H,12-17,21-22H2,1-2H3. The number of aromatic nitrogens is 1. The van der Waals surface area contributed by atoms with E-state index in [1.54, 1.807) is 13.2 Å². The fourth-order valence-electron chi connectivity index (χ4n) is 4.98. The molecule has 0 aliphatic carbocycles. The van der Waals surface area contributed by atoms with Crippen LogP contribution in [-0.2, 0) is 24.4 Å². The van der Waals surface area contributed by atoms with Crippen molar-refractivity contribution >= 4 is 16.8 Å². The summed E-state index contributed by atoms with van der Waals surface area (Å²) >= 11 is 0. The zero-order chi connectivity index (χ0) is 26.5. The number of carbonyl (C=O) groups excluding carboxylic acids is 1. The fraction of sp³-hybridized carbons (Fsp3) is 0.333. The average Bonchev–Trinajstić information content (AvgIpc) is 3.43. The molecule has 1 amide bonds. The predicted molar refractivity (Wildman–Crippen MR) is 147 cm³/mol. The molecule has 0 atom stereocenters. The van der Waals surface area contributed by atoms with Gasteiger partial charge in [0.25, 0.3) is 5.56 Å². The molecule has 0 saturated carbocycles. The third-order valence-corrected chi connectivity index (χ3v) is 7.02. The summed E-state index contributed by atoms with van der Waals surface area (Å²) in [5, 5.41) is 0.993. The van der Waals surface area contributed by atoms with E-state index in [0.29, 0.717) is 25.4 Å². The smallest absolute Gasteiger partial charge is 0.255 e. The second-order valence-electron chi connectivity index (χ2n) is 9.86. The summed E-state index contributed by atoms with van der Waals surface area (Å²) in [7, 11) is 1.99. The van der Waals surface area contributed by atoms with E-state index in [0.717, 1.165) is 60.7 Å². The molecule has 0 N–H and O–H groups in total. The number of benzene rings is 2. The molecule has 2 aromatic carbocycles. The molecule has 1 aliphatic rings. The molecule has 1 aliphatic heterocycles. The molecule has 2 aromatic heterocycles. The molecule has 5 rings (SSSR count). The molecular formula is C30H34N4O4. The van der Waals surface area contributed by atoms with E-state index in [9.17, 15) is 9.59 Å². The lowest BCUT2D eigenvalue weighted by Gasteiger charge is -2.34. The van der Waals surface area contributed by atoms with Crippen LogP contribution in [0.4, 0.5) is 0 Å². The number of nitrogens with zero attached hydrogens (tertiary/aromatic N) is 4. The molecule has 3 heterocycles. The number of pyridine rings is 1. The number of rotatable bonds is 9. The number of carbonyl (C=O) groups is 1. The fourth-order valence-corrected chi connectivity index (χ4v) is 4.98. The molecule has 1 fully saturated rings. The summed E-state index contributed by atoms with van der Waals surface area (Å²) in [4.78, 5) is 31.8. The maximum absolute atomic E-state index is 13.8. The topological polar surface area (TPSA) is 71.2 Å². The van der Waals surface area contributed by atoms with Gasteiger partial charge in [0.15, 0.2) is 0 Å². The minimum atomic E-state index is 0.00280. The lowest BCUT2D eigenvalue weighted by Crippen LogP contribution is -2.49. The van der Waals surface area contributed by atoms with E-state index in [4.69, 9.17) is 9.15 Å². The van der Waals surface area contributed by atoms with Crippen LogP contribution in [0.2, 0.25) is 0 Å². The summed E-state index contributed by atoms with van der Waals surface area (Å²) in [6, 6.07) is 21.4. The Balaban J connectivity index is 1.42. The van der Waals surface area contributed by atoms with Gasteiger partial charge < -0.3 is 18.6 Å². The van der Waals surface area contributed by atoms with Gasteiger partial charge in [-0.25, -0.2) is 0 Å². The first-order chi connectivity index (χ1) is 18.5. The number of hydrogen-bond acceptors (Lipinski definition) is 6. The van der Waals surface area contributed by atoms with E-state index in [1.807, 2.05) is 83.2 Å². The van der Waals surface area contributed by atoms with Crippen molar-refractivity contribution in [2.24, 2.45) is 0 Å². The summed E-state index contributed by atoms with van der Waals surface area (Å²) in [6.45, 7) is 7.08. The van der Waals surface area contributed by atoms with Gasteiger partial charge in [0.2, 0.25) is 5.91 Å². The summed E-state index contributed by atoms with van der Waals surface area (Å²) in [5.74, 6) is 2.42. The maximum atomic E-state index is 13.8. The average molecular weight is 515 g/mol. The quantitative estimate of drug-likeness (QED) is 0.334. The van der Waals surface area contributed by atoms with E-state index < -0.39 is 0 Å². The van der Waals surface area contributed by atoms with Crippen molar-refractivity contribution in [3.8, 4) is 11.5 Å². The number of fused-ring (bicyclic) bond motifs is 1. The number of amides is 1. The van der Waals surface area contributed by atoms with Crippen LogP contribution < -0.4 is 10.3 Å². The second-order valence-corrected chi connectivity index (χ2v) is 9.86. The number of piperazine rings is 1. The van der Waals surface area contributed by atoms with Gasteiger partial charge in [0.1, 0.15) is 17.3 Å². The van der Waals surface area contributed by atoms with Crippen molar-refractivity contribution in [3.63, 3.8) is 0 Å². The third-order valence-electron chi connectivity index (χ3n) is 7.02. The van der Waals surface area contributed by atoms with Crippen LogP contribution in [0.3, 0.4) is 0 Å². The largest absolute Gasteiger partial charge is 0.468 e. The van der Waals surface area contributed by atoms with Crippen molar-refractivity contribution in [2.45, 2.75) is 26.6 Å². The Morgan fingerprint density at radius 3 is 2.42 bits per heavy atom. The van der Waals surface area contributed by atoms with Crippen LogP contribution in [0.1, 0.15) is 18.2 Å². The molecule has 0 spiro atoms. The van der Waals surface area contributed by atoms with Crippen LogP contribution in [0.15, 0.2) is 82.2 Å². The summed E-state index contributed by atoms with van der Waals surface area (Å²) < 4.78 is 13.4. The van der Waals surface area contributed by atoms with Gasteiger partial charge in [0, 0.05) is 64.4 Å². The summed E-state index contributed by atoms with van der Waals surface area (Å²) in [6.07, 6.45) is 1.66. The van der Waals surface area contributed by atoms with Crippen LogP contribution >= 0.6 is 0 Å². The molecule has 198 valence electrons. The molecular weight excluding hydrogens is 480 g/mol. The van der Waals surface area contributed by atoms with Crippen LogP contribution in [0.25, 0.3) is 10.9 Å². The number of para-hydroxylation sites is 1. The van der Waals surface area contributed by atoms with Crippen molar-refractivity contribution in [1.82, 2.24) is 19.3 Å². The van der Waals surface area contributed by atoms with Gasteiger partial charge in [-0.05, 0) is 54.9 Å². The van der Waals surface area contributed by atoms with Crippen molar-refractivity contribution < 1.29 is 13.9 Å². The first-order valence-corrected chi connectivity index (χ1v) is 13.0. The predicted octanol–water partition coefficient (Wildman–Crippen LogP) is 4.18. The second kappa shape index (κ2) is 11.7. The molecule has 0 radical (unpaired) electrons. The molecule has 4 aromatic rings. The van der Waals surface area contributed by atoms with Gasteiger partial charge in [-0.15, -0.1) is 0 Å². The Morgan fingerprint density at radius 1 is 0.921 bits per heavy atom. The van der Waals surface area contributed by atoms with E-state index in [-0.39, 0.29) is 11.5 Å². The highest BCUT2D eigenvalue weighted by Gasteiger charge is 2.19. The highest BCUT2D eigenvalue weighted by Crippen LogP contribution is 2.26. The molecule has 0 unspecified atom stereocenters. The van der Waals surface area contributed by atoms with E-state index >= 15 is 0 Å². The van der Waals surface area contributed by atoms with Gasteiger partial charge in [0.05, 0.1) is 18.3 Å². The Hall–Kier alpha value is -3.88. The maximum Gasteiger partial charge on any atom is 0.255 e. The minimum Gasteiger partial charge on any atom is -0.468 e. The zero-order valence-corrected chi connectivity index (χ0v) is 22.0. The number of hydrogen-bond donors (Lipinski definition) is 0. The zero-order valence-electron chi connectivity index (χ0n) is 22.0. The lowest BCUT2D eigenvalue weighted by atomic mass is 10.1. The van der Waals surface area contributed by atoms with Gasteiger partial charge >= 0.3 is 0 Å². The Kier molecular flexibility index (Phi) is 7.91. The Bertz CT molecular complexity index is 1420. The monoisotopic (exact) mass is 514 g/mol. The Labute approximate surface area is 222 Å². The Morgan fingerprint density at radius 2 is 1.71 bits per heavy atom. The third kappa shape index (κ3) is 6.15.